The Morgan fingerprint density at radius 2 is 1.33 bits per heavy atom. The van der Waals surface area contributed by atoms with E-state index in [1.807, 2.05) is 13.8 Å². The SMILES string of the molecule is CCC(C)(C)C(=O)C(=O)N1CCC[C@H]1C(=O)Cl.CCC(C)(C)C(=O)C(=O)N1CCC[C@H]1c1noc(-c2ccc(F)cc2)n1.N/C(=N\O)c1ccc(F)cc1. The van der Waals surface area contributed by atoms with Crippen LogP contribution in [0.1, 0.15) is 97.5 Å². The molecule has 0 unspecified atom stereocenters. The van der Waals surface area contributed by atoms with Gasteiger partial charge in [0.2, 0.25) is 16.8 Å². The molecule has 2 saturated heterocycles. The van der Waals surface area contributed by atoms with E-state index in [2.05, 4.69) is 15.3 Å². The zero-order chi connectivity index (χ0) is 40.4. The molecule has 2 atom stereocenters. The lowest BCUT2D eigenvalue weighted by molar-refractivity contribution is -0.150. The molecule has 292 valence electrons. The highest BCUT2D eigenvalue weighted by Gasteiger charge is 2.42. The van der Waals surface area contributed by atoms with Gasteiger partial charge in [-0.2, -0.15) is 4.98 Å². The first-order chi connectivity index (χ1) is 25.4. The van der Waals surface area contributed by atoms with E-state index in [4.69, 9.17) is 27.1 Å². The van der Waals surface area contributed by atoms with Crippen LogP contribution in [0.15, 0.2) is 58.2 Å². The molecule has 3 heterocycles. The van der Waals surface area contributed by atoms with E-state index in [1.54, 1.807) is 44.7 Å². The Hall–Kier alpha value is -5.05. The van der Waals surface area contributed by atoms with Crippen LogP contribution in [0.5, 0.6) is 0 Å². The third kappa shape index (κ3) is 10.8. The molecule has 54 heavy (non-hydrogen) atoms. The normalized spacial score (nSPS) is 17.2. The Morgan fingerprint density at radius 3 is 1.83 bits per heavy atom. The molecule has 2 aliphatic heterocycles. The largest absolute Gasteiger partial charge is 0.409 e. The molecule has 1 aromatic heterocycles. The van der Waals surface area contributed by atoms with E-state index < -0.39 is 45.5 Å². The number of benzene rings is 2. The number of hydrogen-bond donors (Lipinski definition) is 2. The standard InChI is InChI=1S/C19H22FN3O3.C12H18ClNO3.C7H7FN2O/c1-4-19(2,3)15(24)18(25)23-11-5-6-14(23)16-21-17(26-22-16)12-7-9-13(20)10-8-12;1-4-12(2,3)9(15)11(17)14-7-5-6-8(14)10(13)16;8-6-3-1-5(2-4-6)7(9)10-11/h7-10,14H,4-6,11H2,1-3H3;8H,4-7H2,1-3H3;1-4,11H,(H2,9,10)/t14-;8-;/m00./s1. The van der Waals surface area contributed by atoms with Crippen molar-refractivity contribution in [3.63, 3.8) is 0 Å². The third-order valence-corrected chi connectivity index (χ3v) is 10.0. The van der Waals surface area contributed by atoms with Gasteiger partial charge in [-0.3, -0.25) is 24.0 Å². The van der Waals surface area contributed by atoms with Gasteiger partial charge in [-0.25, -0.2) is 8.78 Å². The van der Waals surface area contributed by atoms with E-state index >= 15 is 0 Å². The lowest BCUT2D eigenvalue weighted by Gasteiger charge is -2.26. The van der Waals surface area contributed by atoms with Gasteiger partial charge in [0.25, 0.3) is 17.7 Å². The number of aromatic nitrogens is 2. The first-order valence-corrected chi connectivity index (χ1v) is 18.0. The van der Waals surface area contributed by atoms with Gasteiger partial charge in [-0.1, -0.05) is 51.9 Å². The van der Waals surface area contributed by atoms with Gasteiger partial charge < -0.3 is 25.3 Å². The monoisotopic (exact) mass is 772 g/mol. The van der Waals surface area contributed by atoms with Crippen LogP contribution in [0.25, 0.3) is 11.5 Å². The van der Waals surface area contributed by atoms with Crippen molar-refractivity contribution in [2.24, 2.45) is 21.7 Å². The molecule has 0 saturated carbocycles. The summed E-state index contributed by atoms with van der Waals surface area (Å²) in [6, 6.07) is 10.1. The topological polar surface area (TPSA) is 189 Å². The number of Topliss-reactive ketones (excluding diaryl/α,β-unsaturated/α-hetero) is 2. The van der Waals surface area contributed by atoms with Gasteiger partial charge in [0, 0.05) is 35.0 Å². The van der Waals surface area contributed by atoms with Gasteiger partial charge >= 0.3 is 0 Å². The van der Waals surface area contributed by atoms with Gasteiger partial charge in [0.1, 0.15) is 17.7 Å². The van der Waals surface area contributed by atoms with Crippen molar-refractivity contribution in [2.75, 3.05) is 13.1 Å². The Bertz CT molecular complexity index is 1830. The van der Waals surface area contributed by atoms with E-state index in [-0.39, 0.29) is 29.4 Å². The maximum Gasteiger partial charge on any atom is 0.291 e. The number of amides is 2. The second-order valence-electron chi connectivity index (χ2n) is 14.2. The van der Waals surface area contributed by atoms with Gasteiger partial charge in [0.15, 0.2) is 11.7 Å². The van der Waals surface area contributed by atoms with E-state index in [9.17, 15) is 32.8 Å². The fraction of sp³-hybridized carbons (Fsp3) is 0.474. The van der Waals surface area contributed by atoms with Gasteiger partial charge in [-0.05, 0) is 98.7 Å². The zero-order valence-electron chi connectivity index (χ0n) is 31.3. The zero-order valence-corrected chi connectivity index (χ0v) is 32.0. The van der Waals surface area contributed by atoms with Crippen molar-refractivity contribution in [1.29, 1.82) is 0 Å². The minimum absolute atomic E-state index is 0.0231. The maximum atomic E-state index is 13.1. The smallest absolute Gasteiger partial charge is 0.291 e. The van der Waals surface area contributed by atoms with Gasteiger partial charge in [-0.15, -0.1) is 0 Å². The number of hydrogen-bond acceptors (Lipinski definition) is 10. The molecule has 2 aliphatic rings. The van der Waals surface area contributed by atoms with Crippen molar-refractivity contribution >= 4 is 46.1 Å². The Kier molecular flexibility index (Phi) is 15.1. The molecule has 5 rings (SSSR count). The van der Waals surface area contributed by atoms with Crippen LogP contribution in [0, 0.1) is 22.5 Å². The Labute approximate surface area is 317 Å². The number of oxime groups is 1. The molecule has 13 nitrogen and oxygen atoms in total. The number of amidine groups is 1. The quantitative estimate of drug-likeness (QED) is 0.0598. The van der Waals surface area contributed by atoms with E-state index in [0.29, 0.717) is 62.1 Å². The number of nitrogens with zero attached hydrogens (tertiary/aromatic N) is 5. The van der Waals surface area contributed by atoms with Crippen LogP contribution in [-0.2, 0) is 24.0 Å². The predicted molar refractivity (Wildman–Crippen MR) is 196 cm³/mol. The van der Waals surface area contributed by atoms with Crippen LogP contribution in [0.3, 0.4) is 0 Å². The lowest BCUT2D eigenvalue weighted by atomic mass is 9.84. The van der Waals surface area contributed by atoms with Crippen LogP contribution in [0.2, 0.25) is 0 Å². The molecular weight excluding hydrogens is 726 g/mol. The molecule has 0 aliphatic carbocycles. The minimum Gasteiger partial charge on any atom is -0.409 e. The maximum absolute atomic E-state index is 13.1. The van der Waals surface area contributed by atoms with Crippen LogP contribution in [0.4, 0.5) is 8.78 Å². The molecular formula is C38H47ClF2N6O7. The highest BCUT2D eigenvalue weighted by atomic mass is 35.5. The molecule has 0 radical (unpaired) electrons. The summed E-state index contributed by atoms with van der Waals surface area (Å²) in [6.07, 6.45) is 3.89. The van der Waals surface area contributed by atoms with Crippen molar-refractivity contribution in [3.8, 4) is 11.5 Å². The van der Waals surface area contributed by atoms with E-state index in [1.165, 1.54) is 41.3 Å². The van der Waals surface area contributed by atoms with E-state index in [0.717, 1.165) is 6.42 Å². The van der Waals surface area contributed by atoms with Crippen molar-refractivity contribution in [3.05, 3.63) is 71.6 Å². The van der Waals surface area contributed by atoms with Crippen molar-refractivity contribution in [2.45, 2.75) is 92.2 Å². The summed E-state index contributed by atoms with van der Waals surface area (Å²) in [7, 11) is 0. The fourth-order valence-corrected chi connectivity index (χ4v) is 5.67. The average molecular weight is 773 g/mol. The second kappa shape index (κ2) is 18.8. The predicted octanol–water partition coefficient (Wildman–Crippen LogP) is 6.21. The van der Waals surface area contributed by atoms with Crippen LogP contribution < -0.4 is 5.73 Å². The van der Waals surface area contributed by atoms with Crippen LogP contribution >= 0.6 is 11.6 Å². The summed E-state index contributed by atoms with van der Waals surface area (Å²) >= 11 is 5.43. The highest BCUT2D eigenvalue weighted by Crippen LogP contribution is 2.34. The number of ketones is 2. The summed E-state index contributed by atoms with van der Waals surface area (Å²) in [5.74, 6) is -1.99. The second-order valence-corrected chi connectivity index (χ2v) is 14.6. The minimum atomic E-state index is -0.694. The molecule has 2 fully saturated rings. The third-order valence-electron chi connectivity index (χ3n) is 9.75. The molecule has 0 spiro atoms. The average Bonchev–Trinajstić information content (AvgIpc) is 3.96. The number of rotatable bonds is 10. The molecule has 2 amide bonds. The first-order valence-electron chi connectivity index (χ1n) is 17.6. The first kappa shape index (κ1) is 43.4. The molecule has 16 heteroatoms. The van der Waals surface area contributed by atoms with Crippen molar-refractivity contribution in [1.82, 2.24) is 19.9 Å². The highest BCUT2D eigenvalue weighted by molar-refractivity contribution is 6.65. The number of carbonyl (C=O) groups excluding carboxylic acids is 5. The number of halogens is 3. The molecule has 2 aromatic carbocycles. The Balaban J connectivity index is 0.000000240. The summed E-state index contributed by atoms with van der Waals surface area (Å²) in [5.41, 5.74) is 4.94. The summed E-state index contributed by atoms with van der Waals surface area (Å²) in [4.78, 5) is 67.6. The number of carbonyl (C=O) groups is 5. The summed E-state index contributed by atoms with van der Waals surface area (Å²) in [5, 5.41) is 14.4. The number of likely N-dealkylation sites (tertiary alicyclic amines) is 2. The molecule has 3 aromatic rings. The summed E-state index contributed by atoms with van der Waals surface area (Å²) in [6.45, 7) is 11.7. The molecule has 0 bridgehead atoms. The molecule has 3 N–H and O–H groups in total. The van der Waals surface area contributed by atoms with Crippen LogP contribution in [-0.4, -0.2) is 78.7 Å². The fourth-order valence-electron chi connectivity index (χ4n) is 5.44. The summed E-state index contributed by atoms with van der Waals surface area (Å²) < 4.78 is 30.6. The van der Waals surface area contributed by atoms with Gasteiger partial charge in [0.05, 0.1) is 6.04 Å². The van der Waals surface area contributed by atoms with Crippen molar-refractivity contribution < 1.29 is 42.5 Å². The Morgan fingerprint density at radius 1 is 0.852 bits per heavy atom. The number of nitrogens with two attached hydrogens (primary N) is 1. The lowest BCUT2D eigenvalue weighted by Crippen LogP contribution is -2.46.